The van der Waals surface area contributed by atoms with Crippen molar-refractivity contribution in [3.63, 3.8) is 0 Å². The number of rotatable bonds is 11. The number of ether oxygens (including phenoxy) is 1. The second kappa shape index (κ2) is 16.8. The van der Waals surface area contributed by atoms with Crippen LogP contribution in [0.15, 0.2) is 47.4 Å². The van der Waals surface area contributed by atoms with Crippen LogP contribution >= 0.6 is 0 Å². The zero-order valence-corrected chi connectivity index (χ0v) is 34.0. The summed E-state index contributed by atoms with van der Waals surface area (Å²) >= 11 is 0. The van der Waals surface area contributed by atoms with Crippen LogP contribution in [0, 0.1) is 5.92 Å². The Morgan fingerprint density at radius 2 is 1.69 bits per heavy atom. The summed E-state index contributed by atoms with van der Waals surface area (Å²) in [6.45, 7) is 5.67. The van der Waals surface area contributed by atoms with Gasteiger partial charge in [0.1, 0.15) is 17.1 Å². The molecule has 5 aliphatic rings. The van der Waals surface area contributed by atoms with Crippen LogP contribution in [0.1, 0.15) is 91.5 Å². The lowest BCUT2D eigenvalue weighted by Crippen LogP contribution is -2.49. The molecule has 5 aromatic rings. The highest BCUT2D eigenvalue weighted by molar-refractivity contribution is 6.08. The van der Waals surface area contributed by atoms with Crippen LogP contribution in [-0.2, 0) is 19.1 Å². The normalized spacial score (nSPS) is 24.9. The molecule has 20 heteroatoms. The Hall–Kier alpha value is -5.86. The number of nitrogens with zero attached hydrogens (tertiary/aromatic N) is 9. The number of piperazine rings is 1. The fourth-order valence-electron chi connectivity index (χ4n) is 9.80. The Morgan fingerprint density at radius 1 is 0.919 bits per heavy atom. The summed E-state index contributed by atoms with van der Waals surface area (Å²) < 4.78 is 43.3. The molecule has 4 amide bonds. The molecule has 1 aromatic carbocycles. The number of morpholine rings is 1. The number of carbonyl (C=O) groups is 4. The number of amides is 4. The van der Waals surface area contributed by atoms with Gasteiger partial charge in [-0.05, 0) is 69.1 Å². The van der Waals surface area contributed by atoms with E-state index in [1.807, 2.05) is 6.07 Å². The van der Waals surface area contributed by atoms with Gasteiger partial charge in [-0.1, -0.05) is 11.2 Å². The first-order valence-corrected chi connectivity index (χ1v) is 21.5. The second-order valence-corrected chi connectivity index (χ2v) is 17.2. The summed E-state index contributed by atoms with van der Waals surface area (Å²) in [6.07, 6.45) is 8.12. The smallest absolute Gasteiger partial charge is 0.284 e. The van der Waals surface area contributed by atoms with Crippen LogP contribution in [-0.4, -0.2) is 128 Å². The van der Waals surface area contributed by atoms with E-state index in [0.717, 1.165) is 90.2 Å². The van der Waals surface area contributed by atoms with Gasteiger partial charge in [0.15, 0.2) is 16.9 Å². The third-order valence-electron chi connectivity index (χ3n) is 13.1. The summed E-state index contributed by atoms with van der Waals surface area (Å²) in [7, 11) is 0. The van der Waals surface area contributed by atoms with Crippen LogP contribution < -0.4 is 20.9 Å². The number of alkyl halides is 2. The maximum Gasteiger partial charge on any atom is 0.284 e. The number of anilines is 3. The molecule has 4 aliphatic heterocycles. The lowest BCUT2D eigenvalue weighted by molar-refractivity contribution is -0.134. The Balaban J connectivity index is 0.699. The molecule has 5 fully saturated rings. The van der Waals surface area contributed by atoms with Gasteiger partial charge in [-0.15, -0.1) is 0 Å². The van der Waals surface area contributed by atoms with Crippen LogP contribution in [0.5, 0.6) is 0 Å². The van der Waals surface area contributed by atoms with Crippen molar-refractivity contribution in [2.24, 2.45) is 5.92 Å². The van der Waals surface area contributed by atoms with Gasteiger partial charge in [0.05, 0.1) is 48.3 Å². The van der Waals surface area contributed by atoms with E-state index in [2.05, 4.69) is 46.0 Å². The number of para-hydroxylation sites is 1. The van der Waals surface area contributed by atoms with Crippen molar-refractivity contribution in [3.05, 3.63) is 59.8 Å². The Labute approximate surface area is 354 Å². The first kappa shape index (κ1) is 40.2. The number of hydrogen-bond donors (Lipinski definition) is 3. The van der Waals surface area contributed by atoms with Crippen LogP contribution in [0.3, 0.4) is 0 Å². The largest absolute Gasteiger partial charge is 0.371 e. The molecule has 0 spiro atoms. The van der Waals surface area contributed by atoms with E-state index in [1.165, 1.54) is 16.9 Å². The van der Waals surface area contributed by atoms with E-state index in [9.17, 15) is 28.0 Å². The van der Waals surface area contributed by atoms with Gasteiger partial charge in [0.2, 0.25) is 17.7 Å². The van der Waals surface area contributed by atoms with E-state index in [0.29, 0.717) is 40.3 Å². The monoisotopic (exact) mass is 854 g/mol. The van der Waals surface area contributed by atoms with Crippen molar-refractivity contribution >= 4 is 57.4 Å². The summed E-state index contributed by atoms with van der Waals surface area (Å²) in [5, 5.41) is 21.3. The SMILES string of the molecule is O=C1CC[C@@H](c2noc3c(NC(=O)CN4CCN(CC5CCC(n6cc(NC(=O)c7cnn8ccc(N9CC%10CCC(C9)O%10)nc78)c(C(F)F)n6)CC5)CC4)cccc23)C(=O)N1. The zero-order chi connectivity index (χ0) is 42.5. The molecule has 62 heavy (non-hydrogen) atoms. The van der Waals surface area contributed by atoms with Gasteiger partial charge in [0, 0.05) is 70.0 Å². The highest BCUT2D eigenvalue weighted by atomic mass is 19.3. The Bertz CT molecular complexity index is 2490. The number of carbonyl (C=O) groups excluding carboxylic acids is 4. The molecule has 326 valence electrons. The topological polar surface area (TPSA) is 197 Å². The molecule has 18 nitrogen and oxygen atoms in total. The highest BCUT2D eigenvalue weighted by Gasteiger charge is 2.36. The summed E-state index contributed by atoms with van der Waals surface area (Å²) in [5.74, 6) is -0.910. The van der Waals surface area contributed by atoms with E-state index in [4.69, 9.17) is 14.2 Å². The molecule has 8 heterocycles. The van der Waals surface area contributed by atoms with Crippen molar-refractivity contribution in [2.75, 3.05) is 67.9 Å². The van der Waals surface area contributed by atoms with Crippen molar-refractivity contribution in [3.8, 4) is 0 Å². The Kier molecular flexibility index (Phi) is 10.9. The van der Waals surface area contributed by atoms with Crippen LogP contribution in [0.2, 0.25) is 0 Å². The predicted molar refractivity (Wildman–Crippen MR) is 220 cm³/mol. The minimum absolute atomic E-state index is 0.0205. The fourth-order valence-corrected chi connectivity index (χ4v) is 9.80. The molecule has 4 aromatic heterocycles. The van der Waals surface area contributed by atoms with E-state index in [-0.39, 0.29) is 54.3 Å². The summed E-state index contributed by atoms with van der Waals surface area (Å²) in [6, 6.07) is 7.09. The molecule has 1 saturated carbocycles. The number of hydrogen-bond acceptors (Lipinski definition) is 13. The molecule has 4 saturated heterocycles. The van der Waals surface area contributed by atoms with E-state index in [1.54, 1.807) is 29.1 Å². The molecule has 3 N–H and O–H groups in total. The molecular weight excluding hydrogens is 807 g/mol. The molecule has 2 unspecified atom stereocenters. The number of aromatic nitrogens is 6. The highest BCUT2D eigenvalue weighted by Crippen LogP contribution is 2.37. The Morgan fingerprint density at radius 3 is 2.45 bits per heavy atom. The number of imide groups is 1. The average molecular weight is 855 g/mol. The van der Waals surface area contributed by atoms with Crippen LogP contribution in [0.25, 0.3) is 16.6 Å². The first-order chi connectivity index (χ1) is 30.1. The van der Waals surface area contributed by atoms with Gasteiger partial charge in [-0.2, -0.15) is 10.2 Å². The maximum atomic E-state index is 14.3. The van der Waals surface area contributed by atoms with E-state index < -0.39 is 29.9 Å². The van der Waals surface area contributed by atoms with Gasteiger partial charge in [-0.3, -0.25) is 34.1 Å². The predicted octanol–water partition coefficient (Wildman–Crippen LogP) is 4.13. The number of benzene rings is 1. The minimum Gasteiger partial charge on any atom is -0.371 e. The van der Waals surface area contributed by atoms with Crippen LogP contribution in [0.4, 0.5) is 26.0 Å². The van der Waals surface area contributed by atoms with Gasteiger partial charge >= 0.3 is 0 Å². The number of halogens is 2. The summed E-state index contributed by atoms with van der Waals surface area (Å²) in [5.41, 5.74) is 1.35. The third kappa shape index (κ3) is 8.13. The maximum absolute atomic E-state index is 14.3. The zero-order valence-electron chi connectivity index (χ0n) is 34.0. The van der Waals surface area contributed by atoms with Crippen molar-refractivity contribution in [1.29, 1.82) is 0 Å². The number of fused-ring (bicyclic) bond motifs is 4. The molecule has 2 bridgehead atoms. The molecule has 10 rings (SSSR count). The van der Waals surface area contributed by atoms with E-state index >= 15 is 0 Å². The third-order valence-corrected chi connectivity index (χ3v) is 13.1. The van der Waals surface area contributed by atoms with Crippen molar-refractivity contribution < 1.29 is 37.2 Å². The molecule has 0 radical (unpaired) electrons. The van der Waals surface area contributed by atoms with Gasteiger partial charge in [0.25, 0.3) is 12.3 Å². The lowest BCUT2D eigenvalue weighted by atomic mass is 9.85. The fraction of sp³-hybridized carbons (Fsp3) is 0.524. The van der Waals surface area contributed by atoms with Crippen molar-refractivity contribution in [1.82, 2.24) is 44.7 Å². The summed E-state index contributed by atoms with van der Waals surface area (Å²) in [4.78, 5) is 62.3. The number of piperidine rings is 1. The molecule has 1 aliphatic carbocycles. The quantitative estimate of drug-likeness (QED) is 0.161. The standard InChI is InChI=1S/C42H48F2N12O6/c43-39(44)37-32(47-42(60)30-18-45-55-13-12-33(48-40(30)55)54-20-26-8-9-27(21-54)61-26)22-56(50-37)25-6-4-24(5-7-25)19-52-14-16-53(17-15-52)23-35(58)46-31-3-1-2-28-36(51-62-38(28)31)29-10-11-34(57)49-41(29)59/h1-3,12-13,18,22,24-27,29,39H,4-11,14-17,19-21,23H2,(H,46,58)(H,47,60)(H,49,57,59)/t24?,25?,26?,27?,29-/m0/s1. The molecule has 3 atom stereocenters. The minimum atomic E-state index is -2.87. The molecular formula is C42H48F2N12O6. The van der Waals surface area contributed by atoms with Gasteiger partial charge < -0.3 is 29.7 Å². The average Bonchev–Trinajstić information content (AvgIpc) is 4.07. The number of nitrogens with one attached hydrogen (secondary N) is 3. The second-order valence-electron chi connectivity index (χ2n) is 17.2. The first-order valence-electron chi connectivity index (χ1n) is 21.5. The van der Waals surface area contributed by atoms with Gasteiger partial charge in [-0.25, -0.2) is 18.3 Å². The lowest BCUT2D eigenvalue weighted by Gasteiger charge is -2.38. The van der Waals surface area contributed by atoms with Crippen molar-refractivity contribution in [2.45, 2.75) is 82.0 Å².